The minimum Gasteiger partial charge on any atom is -0.506 e. The smallest absolute Gasteiger partial charge is 0.143 e. The Kier molecular flexibility index (Phi) is 8.36. The van der Waals surface area contributed by atoms with Gasteiger partial charge in [0.2, 0.25) is 0 Å². The molecule has 156 valence electrons. The third-order valence-electron chi connectivity index (χ3n) is 5.42. The predicted molar refractivity (Wildman–Crippen MR) is 121 cm³/mol. The van der Waals surface area contributed by atoms with Crippen LogP contribution in [0.5, 0.6) is 5.75 Å². The summed E-state index contributed by atoms with van der Waals surface area (Å²) in [5.74, 6) is 0.184. The monoisotopic (exact) mass is 413 g/mol. The second-order valence-electron chi connectivity index (χ2n) is 7.88. The molecule has 0 radical (unpaired) electrons. The fraction of sp³-hybridized carbons (Fsp3) is 0.500. The van der Waals surface area contributed by atoms with Gasteiger partial charge in [0.1, 0.15) is 22.5 Å². The summed E-state index contributed by atoms with van der Waals surface area (Å²) in [5, 5.41) is 19.8. The van der Waals surface area contributed by atoms with Gasteiger partial charge in [0.15, 0.2) is 0 Å². The maximum Gasteiger partial charge on any atom is 0.143 e. The number of benzene rings is 2. The Morgan fingerprint density at radius 2 is 1.45 bits per heavy atom. The van der Waals surface area contributed by atoms with E-state index < -0.39 is 0 Å². The number of unbranched alkanes of at least 4 members (excludes halogenated alkanes) is 9. The summed E-state index contributed by atoms with van der Waals surface area (Å²) in [6.45, 7) is 2.26. The van der Waals surface area contributed by atoms with Crippen molar-refractivity contribution in [2.24, 2.45) is 0 Å². The van der Waals surface area contributed by atoms with Crippen LogP contribution in [0.3, 0.4) is 0 Å². The van der Waals surface area contributed by atoms with Gasteiger partial charge in [0.25, 0.3) is 0 Å². The Morgan fingerprint density at radius 1 is 0.793 bits per heavy atom. The second-order valence-corrected chi connectivity index (χ2v) is 8.31. The highest BCUT2D eigenvalue weighted by Crippen LogP contribution is 2.25. The van der Waals surface area contributed by atoms with Crippen molar-refractivity contribution < 1.29 is 5.11 Å². The number of hydrogen-bond donors (Lipinski definition) is 1. The molecule has 0 unspecified atom stereocenters. The molecule has 0 aliphatic carbocycles. The van der Waals surface area contributed by atoms with E-state index in [2.05, 4.69) is 17.1 Å². The van der Waals surface area contributed by atoms with Gasteiger partial charge in [0.05, 0.1) is 0 Å². The van der Waals surface area contributed by atoms with Gasteiger partial charge in [-0.1, -0.05) is 82.4 Å². The van der Waals surface area contributed by atoms with Crippen molar-refractivity contribution in [1.82, 2.24) is 15.0 Å². The van der Waals surface area contributed by atoms with Crippen LogP contribution in [0, 0.1) is 0 Å². The summed E-state index contributed by atoms with van der Waals surface area (Å²) < 4.78 is 0. The zero-order valence-electron chi connectivity index (χ0n) is 17.4. The van der Waals surface area contributed by atoms with Crippen LogP contribution in [0.1, 0.15) is 76.7 Å². The summed E-state index contributed by atoms with van der Waals surface area (Å²) in [5.41, 5.74) is 3.30. The Labute approximate surface area is 178 Å². The van der Waals surface area contributed by atoms with E-state index in [0.29, 0.717) is 10.7 Å². The van der Waals surface area contributed by atoms with E-state index in [0.717, 1.165) is 17.5 Å². The Hall–Kier alpha value is -2.07. The van der Waals surface area contributed by atoms with Crippen LogP contribution in [-0.2, 0) is 6.42 Å². The summed E-state index contributed by atoms with van der Waals surface area (Å²) in [6.07, 6.45) is 14.3. The van der Waals surface area contributed by atoms with Crippen molar-refractivity contribution in [3.8, 4) is 11.4 Å². The van der Waals surface area contributed by atoms with E-state index in [1.807, 2.05) is 18.2 Å². The lowest BCUT2D eigenvalue weighted by Crippen LogP contribution is -2.00. The van der Waals surface area contributed by atoms with Crippen molar-refractivity contribution in [2.45, 2.75) is 77.6 Å². The van der Waals surface area contributed by atoms with E-state index >= 15 is 0 Å². The molecule has 0 saturated heterocycles. The summed E-state index contributed by atoms with van der Waals surface area (Å²) in [4.78, 5) is 1.50. The van der Waals surface area contributed by atoms with Gasteiger partial charge in [-0.3, -0.25) is 0 Å². The number of aryl methyl sites for hydroxylation is 1. The molecule has 3 aromatic rings. The highest BCUT2D eigenvalue weighted by atomic mass is 35.5. The van der Waals surface area contributed by atoms with E-state index in [9.17, 15) is 5.11 Å². The number of phenols is 1. The molecule has 1 heterocycles. The lowest BCUT2D eigenvalue weighted by molar-refractivity contribution is 0.467. The Balaban J connectivity index is 1.48. The van der Waals surface area contributed by atoms with Crippen molar-refractivity contribution >= 4 is 22.6 Å². The van der Waals surface area contributed by atoms with E-state index in [1.54, 1.807) is 18.2 Å². The molecular weight excluding hydrogens is 382 g/mol. The van der Waals surface area contributed by atoms with Crippen LogP contribution in [0.2, 0.25) is 5.02 Å². The Morgan fingerprint density at radius 3 is 2.17 bits per heavy atom. The molecular formula is C24H32ClN3O. The van der Waals surface area contributed by atoms with Crippen LogP contribution >= 0.6 is 11.6 Å². The molecule has 5 heteroatoms. The SMILES string of the molecule is CCCCCCCCCCCCc1ccc(O)c(-n2nc3ccc(Cl)cc3n2)c1. The first-order valence-electron chi connectivity index (χ1n) is 11.0. The molecule has 0 amide bonds. The largest absolute Gasteiger partial charge is 0.506 e. The highest BCUT2D eigenvalue weighted by molar-refractivity contribution is 6.31. The third-order valence-corrected chi connectivity index (χ3v) is 5.65. The average Bonchev–Trinajstić information content (AvgIpc) is 3.13. The molecule has 1 N–H and O–H groups in total. The summed E-state index contributed by atoms with van der Waals surface area (Å²) in [7, 11) is 0. The molecule has 0 aliphatic rings. The number of phenolic OH excluding ortho intramolecular Hbond substituents is 1. The van der Waals surface area contributed by atoms with Crippen LogP contribution in [0.25, 0.3) is 16.7 Å². The van der Waals surface area contributed by atoms with E-state index in [1.165, 1.54) is 74.6 Å². The first-order chi connectivity index (χ1) is 14.2. The minimum absolute atomic E-state index is 0.184. The van der Waals surface area contributed by atoms with Crippen LogP contribution < -0.4 is 0 Å². The molecule has 0 fully saturated rings. The summed E-state index contributed by atoms with van der Waals surface area (Å²) >= 11 is 6.03. The molecule has 0 spiro atoms. The van der Waals surface area contributed by atoms with E-state index in [4.69, 9.17) is 11.6 Å². The number of aromatic hydroxyl groups is 1. The van der Waals surface area contributed by atoms with Gasteiger partial charge >= 0.3 is 0 Å². The van der Waals surface area contributed by atoms with Gasteiger partial charge in [-0.2, -0.15) is 0 Å². The molecule has 2 aromatic carbocycles. The number of rotatable bonds is 12. The predicted octanol–water partition coefficient (Wildman–Crippen LogP) is 7.24. The number of nitrogens with zero attached hydrogens (tertiary/aromatic N) is 3. The van der Waals surface area contributed by atoms with Gasteiger partial charge in [-0.25, -0.2) is 0 Å². The first-order valence-corrected chi connectivity index (χ1v) is 11.4. The van der Waals surface area contributed by atoms with Gasteiger partial charge in [-0.05, 0) is 48.7 Å². The number of halogens is 1. The number of hydrogen-bond acceptors (Lipinski definition) is 3. The quantitative estimate of drug-likeness (QED) is 0.318. The third kappa shape index (κ3) is 6.46. The van der Waals surface area contributed by atoms with Crippen molar-refractivity contribution in [3.63, 3.8) is 0 Å². The van der Waals surface area contributed by atoms with Crippen molar-refractivity contribution in [2.75, 3.05) is 0 Å². The molecule has 0 saturated carbocycles. The zero-order valence-corrected chi connectivity index (χ0v) is 18.2. The Bertz CT molecular complexity index is 906. The zero-order chi connectivity index (χ0) is 20.5. The molecule has 0 aliphatic heterocycles. The van der Waals surface area contributed by atoms with Gasteiger partial charge < -0.3 is 5.11 Å². The molecule has 0 bridgehead atoms. The fourth-order valence-electron chi connectivity index (χ4n) is 3.70. The molecule has 1 aromatic heterocycles. The van der Waals surface area contributed by atoms with E-state index in [-0.39, 0.29) is 5.75 Å². The van der Waals surface area contributed by atoms with Gasteiger partial charge in [-0.15, -0.1) is 15.0 Å². The van der Waals surface area contributed by atoms with Gasteiger partial charge in [0, 0.05) is 5.02 Å². The van der Waals surface area contributed by atoms with Crippen LogP contribution in [0.4, 0.5) is 0 Å². The number of aromatic nitrogens is 3. The lowest BCUT2D eigenvalue weighted by atomic mass is 10.0. The van der Waals surface area contributed by atoms with Crippen LogP contribution in [0.15, 0.2) is 36.4 Å². The fourth-order valence-corrected chi connectivity index (χ4v) is 3.86. The van der Waals surface area contributed by atoms with Crippen LogP contribution in [-0.4, -0.2) is 20.1 Å². The van der Waals surface area contributed by atoms with Crippen molar-refractivity contribution in [1.29, 1.82) is 0 Å². The maximum atomic E-state index is 10.3. The topological polar surface area (TPSA) is 50.9 Å². The molecule has 0 atom stereocenters. The molecule has 29 heavy (non-hydrogen) atoms. The maximum absolute atomic E-state index is 10.3. The molecule has 4 nitrogen and oxygen atoms in total. The average molecular weight is 414 g/mol. The standard InChI is InChI=1S/C24H32ClN3O/c1-2-3-4-5-6-7-8-9-10-11-12-19-13-16-24(29)23(17-19)28-26-21-15-14-20(25)18-22(21)27-28/h13-18,29H,2-12H2,1H3. The lowest BCUT2D eigenvalue weighted by Gasteiger charge is -2.07. The van der Waals surface area contributed by atoms with Crippen molar-refractivity contribution in [3.05, 3.63) is 47.0 Å². The highest BCUT2D eigenvalue weighted by Gasteiger charge is 2.10. The number of fused-ring (bicyclic) bond motifs is 1. The second kappa shape index (κ2) is 11.2. The molecule has 3 rings (SSSR count). The summed E-state index contributed by atoms with van der Waals surface area (Å²) in [6, 6.07) is 11.1. The normalized spacial score (nSPS) is 11.4. The minimum atomic E-state index is 0.184. The first kappa shape index (κ1) is 21.6.